The first kappa shape index (κ1) is 15.3. The van der Waals surface area contributed by atoms with Crippen molar-refractivity contribution in [2.45, 2.75) is 32.8 Å². The molecular formula is C19H20N2O2. The fraction of sp³-hybridized carbons (Fsp3) is 0.263. The van der Waals surface area contributed by atoms with E-state index in [-0.39, 0.29) is 5.92 Å². The molecule has 1 aromatic heterocycles. The van der Waals surface area contributed by atoms with E-state index in [1.54, 1.807) is 0 Å². The van der Waals surface area contributed by atoms with Gasteiger partial charge in [0, 0.05) is 12.3 Å². The second-order valence-corrected chi connectivity index (χ2v) is 5.76. The Bertz CT molecular complexity index is 751. The lowest BCUT2D eigenvalue weighted by Crippen LogP contribution is -2.01. The predicted molar refractivity (Wildman–Crippen MR) is 88.4 cm³/mol. The first-order valence-corrected chi connectivity index (χ1v) is 7.79. The Balaban J connectivity index is 1.70. The van der Waals surface area contributed by atoms with Crippen molar-refractivity contribution in [3.8, 4) is 5.75 Å². The smallest absolute Gasteiger partial charge is 0.229 e. The molecule has 118 valence electrons. The largest absolute Gasteiger partial charge is 0.485 e. The average molecular weight is 308 g/mol. The molecule has 4 heteroatoms. The van der Waals surface area contributed by atoms with Crippen molar-refractivity contribution in [2.24, 2.45) is 0 Å². The maximum atomic E-state index is 5.90. The van der Waals surface area contributed by atoms with Gasteiger partial charge in [0.25, 0.3) is 0 Å². The Morgan fingerprint density at radius 2 is 1.74 bits per heavy atom. The summed E-state index contributed by atoms with van der Waals surface area (Å²) in [6.07, 6.45) is 0.834. The zero-order chi connectivity index (χ0) is 16.1. The topological polar surface area (TPSA) is 48.2 Å². The normalized spacial score (nSPS) is 10.9. The van der Waals surface area contributed by atoms with Gasteiger partial charge >= 0.3 is 0 Å². The van der Waals surface area contributed by atoms with Crippen LogP contribution in [0, 0.1) is 0 Å². The molecule has 0 saturated heterocycles. The van der Waals surface area contributed by atoms with Gasteiger partial charge in [-0.15, -0.1) is 0 Å². The van der Waals surface area contributed by atoms with Crippen LogP contribution in [-0.2, 0) is 13.0 Å². The minimum absolute atomic E-state index is 0.224. The van der Waals surface area contributed by atoms with Gasteiger partial charge in [0.05, 0.1) is 0 Å². The molecule has 0 aliphatic carbocycles. The van der Waals surface area contributed by atoms with Gasteiger partial charge in [-0.3, -0.25) is 0 Å². The van der Waals surface area contributed by atoms with Crippen molar-refractivity contribution in [1.29, 1.82) is 0 Å². The lowest BCUT2D eigenvalue weighted by Gasteiger charge is -2.10. The summed E-state index contributed by atoms with van der Waals surface area (Å²) in [6, 6.07) is 18.4. The van der Waals surface area contributed by atoms with Gasteiger partial charge in [-0.1, -0.05) is 67.5 Å². The maximum Gasteiger partial charge on any atom is 0.229 e. The molecule has 0 bridgehead atoms. The third kappa shape index (κ3) is 3.97. The number of benzene rings is 2. The van der Waals surface area contributed by atoms with Crippen LogP contribution in [0.15, 0.2) is 59.1 Å². The fourth-order valence-electron chi connectivity index (χ4n) is 2.31. The van der Waals surface area contributed by atoms with Crippen LogP contribution in [0.2, 0.25) is 0 Å². The molecule has 2 aromatic carbocycles. The molecule has 0 atom stereocenters. The second-order valence-electron chi connectivity index (χ2n) is 5.76. The summed E-state index contributed by atoms with van der Waals surface area (Å²) >= 11 is 0. The molecule has 0 unspecified atom stereocenters. The molecule has 0 radical (unpaired) electrons. The summed E-state index contributed by atoms with van der Waals surface area (Å²) in [7, 11) is 0. The molecule has 0 aliphatic heterocycles. The molecule has 23 heavy (non-hydrogen) atoms. The monoisotopic (exact) mass is 308 g/mol. The van der Waals surface area contributed by atoms with Gasteiger partial charge in [-0.2, -0.15) is 4.98 Å². The number of ether oxygens (including phenoxy) is 1. The molecular weight excluding hydrogens is 288 g/mol. The van der Waals surface area contributed by atoms with Crippen molar-refractivity contribution >= 4 is 0 Å². The third-order valence-corrected chi connectivity index (χ3v) is 3.54. The van der Waals surface area contributed by atoms with Crippen LogP contribution in [0.1, 0.15) is 42.6 Å². The summed E-state index contributed by atoms with van der Waals surface area (Å²) in [6.45, 7) is 4.35. The molecule has 3 rings (SSSR count). The first-order valence-electron chi connectivity index (χ1n) is 7.79. The molecule has 0 amide bonds. The van der Waals surface area contributed by atoms with Crippen molar-refractivity contribution in [2.75, 3.05) is 0 Å². The zero-order valence-corrected chi connectivity index (χ0v) is 13.4. The summed E-state index contributed by atoms with van der Waals surface area (Å²) in [4.78, 5) is 4.34. The molecule has 4 nitrogen and oxygen atoms in total. The quantitative estimate of drug-likeness (QED) is 0.678. The van der Waals surface area contributed by atoms with E-state index in [4.69, 9.17) is 9.26 Å². The Hall–Kier alpha value is -2.62. The highest BCUT2D eigenvalue weighted by atomic mass is 16.5. The highest BCUT2D eigenvalue weighted by Crippen LogP contribution is 2.22. The fourth-order valence-corrected chi connectivity index (χ4v) is 2.31. The van der Waals surface area contributed by atoms with Crippen LogP contribution in [0.3, 0.4) is 0 Å². The van der Waals surface area contributed by atoms with Crippen LogP contribution >= 0.6 is 0 Å². The SMILES string of the molecule is CC(C)c1nc(COc2ccccc2Cc2ccccc2)no1. The number of aromatic nitrogens is 2. The Morgan fingerprint density at radius 1 is 1.00 bits per heavy atom. The number of para-hydroxylation sites is 1. The molecule has 1 heterocycles. The minimum atomic E-state index is 0.224. The number of nitrogens with zero attached hydrogens (tertiary/aromatic N) is 2. The molecule has 0 spiro atoms. The molecule has 0 fully saturated rings. The predicted octanol–water partition coefficient (Wildman–Crippen LogP) is 4.36. The van der Waals surface area contributed by atoms with E-state index in [1.165, 1.54) is 5.56 Å². The van der Waals surface area contributed by atoms with Crippen molar-refractivity contribution < 1.29 is 9.26 Å². The summed E-state index contributed by atoms with van der Waals surface area (Å²) in [5.74, 6) is 2.29. The second kappa shape index (κ2) is 7.09. The van der Waals surface area contributed by atoms with Gasteiger partial charge in [0.2, 0.25) is 11.7 Å². The lowest BCUT2D eigenvalue weighted by molar-refractivity contribution is 0.282. The van der Waals surface area contributed by atoms with Crippen molar-refractivity contribution in [3.05, 3.63) is 77.4 Å². The Morgan fingerprint density at radius 3 is 2.48 bits per heavy atom. The van der Waals surface area contributed by atoms with E-state index in [0.717, 1.165) is 17.7 Å². The van der Waals surface area contributed by atoms with Crippen LogP contribution in [-0.4, -0.2) is 10.1 Å². The standard InChI is InChI=1S/C19H20N2O2/c1-14(2)19-20-18(21-23-19)13-22-17-11-7-6-10-16(17)12-15-8-4-3-5-9-15/h3-11,14H,12-13H2,1-2H3. The van der Waals surface area contributed by atoms with E-state index in [0.29, 0.717) is 18.3 Å². The maximum absolute atomic E-state index is 5.90. The van der Waals surface area contributed by atoms with Gasteiger partial charge in [-0.05, 0) is 17.2 Å². The number of rotatable bonds is 6. The lowest BCUT2D eigenvalue weighted by atomic mass is 10.0. The molecule has 3 aromatic rings. The average Bonchev–Trinajstić information content (AvgIpc) is 3.04. The van der Waals surface area contributed by atoms with Crippen molar-refractivity contribution in [1.82, 2.24) is 10.1 Å². The van der Waals surface area contributed by atoms with Crippen LogP contribution in [0.5, 0.6) is 5.75 Å². The van der Waals surface area contributed by atoms with E-state index in [2.05, 4.69) is 28.3 Å². The van der Waals surface area contributed by atoms with Gasteiger partial charge < -0.3 is 9.26 Å². The Kier molecular flexibility index (Phi) is 4.71. The van der Waals surface area contributed by atoms with Crippen LogP contribution < -0.4 is 4.74 Å². The number of hydrogen-bond acceptors (Lipinski definition) is 4. The van der Waals surface area contributed by atoms with Crippen molar-refractivity contribution in [3.63, 3.8) is 0 Å². The number of hydrogen-bond donors (Lipinski definition) is 0. The molecule has 0 saturated carbocycles. The third-order valence-electron chi connectivity index (χ3n) is 3.54. The molecule has 0 aliphatic rings. The highest BCUT2D eigenvalue weighted by Gasteiger charge is 2.11. The van der Waals surface area contributed by atoms with Crippen LogP contribution in [0.4, 0.5) is 0 Å². The van der Waals surface area contributed by atoms with Gasteiger partial charge in [0.1, 0.15) is 5.75 Å². The van der Waals surface area contributed by atoms with Crippen LogP contribution in [0.25, 0.3) is 0 Å². The van der Waals surface area contributed by atoms with E-state index >= 15 is 0 Å². The highest BCUT2D eigenvalue weighted by molar-refractivity contribution is 5.37. The van der Waals surface area contributed by atoms with E-state index < -0.39 is 0 Å². The summed E-state index contributed by atoms with van der Waals surface area (Å²) < 4.78 is 11.1. The Labute approximate surface area is 136 Å². The van der Waals surface area contributed by atoms with Gasteiger partial charge in [0.15, 0.2) is 6.61 Å². The first-order chi connectivity index (χ1) is 11.2. The molecule has 0 N–H and O–H groups in total. The summed E-state index contributed by atoms with van der Waals surface area (Å²) in [5.41, 5.74) is 2.40. The minimum Gasteiger partial charge on any atom is -0.485 e. The zero-order valence-electron chi connectivity index (χ0n) is 13.4. The van der Waals surface area contributed by atoms with E-state index in [1.807, 2.05) is 50.2 Å². The van der Waals surface area contributed by atoms with E-state index in [9.17, 15) is 0 Å². The van der Waals surface area contributed by atoms with Gasteiger partial charge in [-0.25, -0.2) is 0 Å². The summed E-state index contributed by atoms with van der Waals surface area (Å²) in [5, 5.41) is 3.96.